The van der Waals surface area contributed by atoms with Crippen molar-refractivity contribution in [2.75, 3.05) is 19.1 Å². The summed E-state index contributed by atoms with van der Waals surface area (Å²) in [6, 6.07) is 11.2. The first kappa shape index (κ1) is 12.9. The summed E-state index contributed by atoms with van der Waals surface area (Å²) in [7, 11) is 3.52. The highest BCUT2D eigenvalue weighted by molar-refractivity contribution is 5.95. The SMILES string of the molecule is COc1ccccc1N(C)c1cc(C(=N)N)ccn1. The number of hydrogen-bond donors (Lipinski definition) is 2. The average Bonchev–Trinajstić information content (AvgIpc) is 2.46. The summed E-state index contributed by atoms with van der Waals surface area (Å²) in [6.07, 6.45) is 1.64. The van der Waals surface area contributed by atoms with E-state index in [9.17, 15) is 0 Å². The number of nitrogens with zero attached hydrogens (tertiary/aromatic N) is 2. The van der Waals surface area contributed by atoms with E-state index >= 15 is 0 Å². The van der Waals surface area contributed by atoms with Crippen LogP contribution in [-0.2, 0) is 0 Å². The van der Waals surface area contributed by atoms with Gasteiger partial charge in [0.25, 0.3) is 0 Å². The summed E-state index contributed by atoms with van der Waals surface area (Å²) in [4.78, 5) is 6.19. The molecule has 1 aromatic carbocycles. The highest BCUT2D eigenvalue weighted by atomic mass is 16.5. The van der Waals surface area contributed by atoms with E-state index < -0.39 is 0 Å². The van der Waals surface area contributed by atoms with Crippen molar-refractivity contribution in [1.29, 1.82) is 5.41 Å². The van der Waals surface area contributed by atoms with Gasteiger partial charge in [-0.15, -0.1) is 0 Å². The maximum Gasteiger partial charge on any atom is 0.142 e. The van der Waals surface area contributed by atoms with E-state index in [1.165, 1.54) is 0 Å². The van der Waals surface area contributed by atoms with Crippen molar-refractivity contribution < 1.29 is 4.74 Å². The molecule has 0 saturated carbocycles. The fourth-order valence-corrected chi connectivity index (χ4v) is 1.80. The fourth-order valence-electron chi connectivity index (χ4n) is 1.80. The van der Waals surface area contributed by atoms with Gasteiger partial charge in [0.15, 0.2) is 0 Å². The number of nitrogens with two attached hydrogens (primary N) is 1. The third-order valence-corrected chi connectivity index (χ3v) is 2.85. The maximum atomic E-state index is 7.46. The second-order valence-corrected chi connectivity index (χ2v) is 4.05. The molecule has 5 heteroatoms. The first-order valence-electron chi connectivity index (χ1n) is 5.80. The van der Waals surface area contributed by atoms with E-state index in [1.54, 1.807) is 25.4 Å². The van der Waals surface area contributed by atoms with Gasteiger partial charge in [0.1, 0.15) is 17.4 Å². The number of nitrogens with one attached hydrogen (secondary N) is 1. The lowest BCUT2D eigenvalue weighted by Crippen LogP contribution is -2.15. The summed E-state index contributed by atoms with van der Waals surface area (Å²) >= 11 is 0. The Hall–Kier alpha value is -2.56. The van der Waals surface area contributed by atoms with Crippen LogP contribution in [-0.4, -0.2) is 25.0 Å². The van der Waals surface area contributed by atoms with Crippen molar-refractivity contribution in [3.05, 3.63) is 48.2 Å². The fraction of sp³-hybridized carbons (Fsp3) is 0.143. The van der Waals surface area contributed by atoms with Crippen molar-refractivity contribution in [1.82, 2.24) is 4.98 Å². The Balaban J connectivity index is 2.41. The lowest BCUT2D eigenvalue weighted by atomic mass is 10.2. The largest absolute Gasteiger partial charge is 0.495 e. The average molecular weight is 256 g/mol. The number of aromatic nitrogens is 1. The summed E-state index contributed by atoms with van der Waals surface area (Å²) in [6.45, 7) is 0. The highest BCUT2D eigenvalue weighted by Gasteiger charge is 2.11. The van der Waals surface area contributed by atoms with Gasteiger partial charge in [-0.25, -0.2) is 4.98 Å². The lowest BCUT2D eigenvalue weighted by molar-refractivity contribution is 0.415. The Morgan fingerprint density at radius 2 is 2.05 bits per heavy atom. The van der Waals surface area contributed by atoms with Gasteiger partial charge in [0.05, 0.1) is 12.8 Å². The molecular formula is C14H16N4O. The summed E-state index contributed by atoms with van der Waals surface area (Å²) in [5.74, 6) is 1.49. The van der Waals surface area contributed by atoms with E-state index in [2.05, 4.69) is 4.98 Å². The zero-order chi connectivity index (χ0) is 13.8. The van der Waals surface area contributed by atoms with Crippen LogP contribution in [0.1, 0.15) is 5.56 Å². The van der Waals surface area contributed by atoms with Crippen LogP contribution in [0.4, 0.5) is 11.5 Å². The Kier molecular flexibility index (Phi) is 3.66. The molecule has 0 aliphatic rings. The molecule has 98 valence electrons. The van der Waals surface area contributed by atoms with Crippen LogP contribution >= 0.6 is 0 Å². The number of methoxy groups -OCH3 is 1. The summed E-state index contributed by atoms with van der Waals surface area (Å²) < 4.78 is 5.33. The molecule has 0 spiro atoms. The van der Waals surface area contributed by atoms with Crippen molar-refractivity contribution in [2.45, 2.75) is 0 Å². The predicted octanol–water partition coefficient (Wildman–Crippen LogP) is 2.14. The van der Waals surface area contributed by atoms with Gasteiger partial charge in [-0.1, -0.05) is 12.1 Å². The molecule has 5 nitrogen and oxygen atoms in total. The molecule has 1 heterocycles. The van der Waals surface area contributed by atoms with Crippen molar-refractivity contribution in [3.63, 3.8) is 0 Å². The molecule has 1 aromatic heterocycles. The molecular weight excluding hydrogens is 240 g/mol. The van der Waals surface area contributed by atoms with Gasteiger partial charge in [0, 0.05) is 18.8 Å². The number of ether oxygens (including phenoxy) is 1. The van der Waals surface area contributed by atoms with Gasteiger partial charge in [-0.05, 0) is 24.3 Å². The minimum absolute atomic E-state index is 0.0251. The van der Waals surface area contributed by atoms with Gasteiger partial charge in [-0.3, -0.25) is 5.41 Å². The summed E-state index contributed by atoms with van der Waals surface area (Å²) in [5.41, 5.74) is 7.04. The molecule has 0 atom stereocenters. The lowest BCUT2D eigenvalue weighted by Gasteiger charge is -2.21. The number of benzene rings is 1. The van der Waals surface area contributed by atoms with Gasteiger partial charge in [0.2, 0.25) is 0 Å². The van der Waals surface area contributed by atoms with Crippen molar-refractivity contribution in [2.24, 2.45) is 5.73 Å². The molecule has 0 saturated heterocycles. The van der Waals surface area contributed by atoms with E-state index in [0.29, 0.717) is 11.4 Å². The van der Waals surface area contributed by atoms with Gasteiger partial charge < -0.3 is 15.4 Å². The van der Waals surface area contributed by atoms with Crippen LogP contribution in [0.15, 0.2) is 42.6 Å². The standard InChI is InChI=1S/C14H16N4O/c1-18(11-5-3-4-6-12(11)19-2)13-9-10(14(15)16)7-8-17-13/h3-9H,1-2H3,(H3,15,16). The molecule has 0 amide bonds. The molecule has 2 aromatic rings. The summed E-state index contributed by atoms with van der Waals surface area (Å²) in [5, 5.41) is 7.46. The molecule has 0 aliphatic carbocycles. The van der Waals surface area contributed by atoms with Gasteiger partial charge in [-0.2, -0.15) is 0 Å². The first-order valence-corrected chi connectivity index (χ1v) is 5.80. The predicted molar refractivity (Wildman–Crippen MR) is 76.3 cm³/mol. The van der Waals surface area contributed by atoms with Crippen LogP contribution < -0.4 is 15.4 Å². The van der Waals surface area contributed by atoms with E-state index in [-0.39, 0.29) is 5.84 Å². The number of hydrogen-bond acceptors (Lipinski definition) is 4. The van der Waals surface area contributed by atoms with Crippen molar-refractivity contribution in [3.8, 4) is 5.75 Å². The normalized spacial score (nSPS) is 10.0. The zero-order valence-electron chi connectivity index (χ0n) is 10.9. The molecule has 0 bridgehead atoms. The second kappa shape index (κ2) is 5.39. The number of anilines is 2. The van der Waals surface area contributed by atoms with Gasteiger partial charge >= 0.3 is 0 Å². The first-order chi connectivity index (χ1) is 9.13. The second-order valence-electron chi connectivity index (χ2n) is 4.05. The van der Waals surface area contributed by atoms with Crippen LogP contribution in [0.25, 0.3) is 0 Å². The van der Waals surface area contributed by atoms with Crippen LogP contribution in [0, 0.1) is 5.41 Å². The molecule has 19 heavy (non-hydrogen) atoms. The smallest absolute Gasteiger partial charge is 0.142 e. The third-order valence-electron chi connectivity index (χ3n) is 2.85. The number of rotatable bonds is 4. The molecule has 0 radical (unpaired) electrons. The van der Waals surface area contributed by atoms with Crippen LogP contribution in [0.5, 0.6) is 5.75 Å². The quantitative estimate of drug-likeness (QED) is 0.649. The Morgan fingerprint density at radius 3 is 2.74 bits per heavy atom. The Morgan fingerprint density at radius 1 is 1.32 bits per heavy atom. The van der Waals surface area contributed by atoms with Crippen LogP contribution in [0.2, 0.25) is 0 Å². The third kappa shape index (κ3) is 2.65. The number of para-hydroxylation sites is 2. The Labute approximate surface area is 112 Å². The topological polar surface area (TPSA) is 75.2 Å². The Bertz CT molecular complexity index is 598. The minimum atomic E-state index is 0.0251. The zero-order valence-corrected chi connectivity index (χ0v) is 10.9. The molecule has 0 unspecified atom stereocenters. The molecule has 3 N–H and O–H groups in total. The number of amidine groups is 1. The molecule has 2 rings (SSSR count). The van der Waals surface area contributed by atoms with E-state index in [0.717, 1.165) is 11.4 Å². The van der Waals surface area contributed by atoms with Crippen molar-refractivity contribution >= 4 is 17.3 Å². The highest BCUT2D eigenvalue weighted by Crippen LogP contribution is 2.31. The maximum absolute atomic E-state index is 7.46. The molecule has 0 fully saturated rings. The number of nitrogen functional groups attached to an aromatic ring is 1. The monoisotopic (exact) mass is 256 g/mol. The van der Waals surface area contributed by atoms with E-state index in [1.807, 2.05) is 36.2 Å². The minimum Gasteiger partial charge on any atom is -0.495 e. The van der Waals surface area contributed by atoms with Crippen LogP contribution in [0.3, 0.4) is 0 Å². The number of pyridine rings is 1. The molecule has 0 aliphatic heterocycles. The van der Waals surface area contributed by atoms with E-state index in [4.69, 9.17) is 15.9 Å².